The average Bonchev–Trinajstić information content (AvgIpc) is 1.55. The molecule has 10 nitrogen and oxygen atoms in total. The maximum atomic E-state index is 10.0. The summed E-state index contributed by atoms with van der Waals surface area (Å²) in [7, 11) is 0. The van der Waals surface area contributed by atoms with Crippen LogP contribution in [0.15, 0.2) is 340 Å². The van der Waals surface area contributed by atoms with E-state index >= 15 is 0 Å². The third-order valence-electron chi connectivity index (χ3n) is 21.1. The van der Waals surface area contributed by atoms with E-state index in [0.717, 1.165) is 41.4 Å². The summed E-state index contributed by atoms with van der Waals surface area (Å²) < 4.78 is 72.3. The summed E-state index contributed by atoms with van der Waals surface area (Å²) in [6, 6.07) is 96.1. The standard InChI is InChI=1S/C25H21N2.C24H17N2.C19H13N2.C18H14N.C11H8N.C5H8O2.3Ir/c1-15-10-11-21-20(12-15)19-9-5-8-18-13-26-14-22(27(21)25(26)24(18)19)23-16(2)6-4-7-17(23)3;1-3-11-19-17(8-1)10-7-15-21(19)26-23-14-6-5-13-22(23)25-16-18-9-2-4-12-20(18)24(25)26;1-2-8-16(9-3-1)19-20-13-14-21(19)18-12-6-10-15-7-4-5-11-17(15)18;1-18(2)14-8-4-3-7-13(14)17-16-12(10-11-19-17)6-5-9-15(16)18;1-2-6-10(7-3-1)11-8-4-5-9-12-11;1-4(6)3-5(2)7;;;/h4-12,14H,13H2,1-3H3;1-15H,16H2;1-8,10-14H;3-6,8-11H,1-2H3;1-6,8-9H;3,6H,1-2H3;;;/q2*+1;3*-1;;;;/i;;;;1D,2D,3D,4D,5D,6D,8D,9D;;;;. The molecule has 1 aliphatic carbocycles. The molecule has 13 heteroatoms. The van der Waals surface area contributed by atoms with Crippen LogP contribution in [0.25, 0.3) is 139 Å². The van der Waals surface area contributed by atoms with Gasteiger partial charge in [-0.15, -0.1) is 107 Å². The normalized spacial score (nSPS) is 13.0. The molecular weight excluding hydrogens is 1950 g/mol. The van der Waals surface area contributed by atoms with E-state index in [-0.39, 0.29) is 88.5 Å². The molecule has 0 atom stereocenters. The molecule has 0 unspecified atom stereocenters. The largest absolute Gasteiger partial charge is 0.512 e. The van der Waals surface area contributed by atoms with Crippen molar-refractivity contribution in [1.29, 1.82) is 0 Å². The number of rotatable bonds is 6. The molecule has 13 aromatic carbocycles. The van der Waals surface area contributed by atoms with Crippen molar-refractivity contribution in [3.05, 3.63) is 397 Å². The number of allylic oxidation sites excluding steroid dienone is 2. The zero-order valence-electron chi connectivity index (χ0n) is 72.0. The summed E-state index contributed by atoms with van der Waals surface area (Å²) in [6.07, 6.45) is 8.71. The fourth-order valence-electron chi connectivity index (χ4n) is 16.2. The molecule has 0 saturated heterocycles. The van der Waals surface area contributed by atoms with Gasteiger partial charge in [0.15, 0.2) is 22.5 Å². The van der Waals surface area contributed by atoms with Crippen molar-refractivity contribution in [2.75, 3.05) is 0 Å². The van der Waals surface area contributed by atoms with Crippen LogP contribution in [-0.4, -0.2) is 39.4 Å². The number of pyridine rings is 3. The van der Waals surface area contributed by atoms with Gasteiger partial charge in [0, 0.05) is 138 Å². The predicted octanol–water partition coefficient (Wildman–Crippen LogP) is 23.0. The zero-order chi connectivity index (χ0) is 83.5. The van der Waals surface area contributed by atoms with Crippen LogP contribution in [-0.2, 0) is 83.6 Å². The zero-order valence-corrected chi connectivity index (χ0v) is 71.2. The van der Waals surface area contributed by atoms with E-state index in [9.17, 15) is 4.79 Å². The summed E-state index contributed by atoms with van der Waals surface area (Å²) >= 11 is 0. The quantitative estimate of drug-likeness (QED) is 0.0588. The van der Waals surface area contributed by atoms with Crippen molar-refractivity contribution in [1.82, 2.24) is 28.5 Å². The van der Waals surface area contributed by atoms with Crippen molar-refractivity contribution in [2.24, 2.45) is 0 Å². The Morgan fingerprint density at radius 3 is 1.99 bits per heavy atom. The van der Waals surface area contributed by atoms with E-state index in [1.54, 1.807) is 0 Å². The van der Waals surface area contributed by atoms with Crippen molar-refractivity contribution >= 4 is 76.5 Å². The van der Waals surface area contributed by atoms with Crippen LogP contribution in [0.4, 0.5) is 0 Å². The van der Waals surface area contributed by atoms with Crippen molar-refractivity contribution in [3.8, 4) is 67.9 Å². The molecule has 0 bridgehead atoms. The van der Waals surface area contributed by atoms with Gasteiger partial charge in [0.2, 0.25) is 0 Å². The second kappa shape index (κ2) is 34.4. The van der Waals surface area contributed by atoms with Gasteiger partial charge in [0.05, 0.1) is 28.0 Å². The third kappa shape index (κ3) is 15.3. The number of carbonyl (C=O) groups is 1. The second-order valence-electron chi connectivity index (χ2n) is 28.7. The first-order chi connectivity index (χ1) is 58.1. The summed E-state index contributed by atoms with van der Waals surface area (Å²) in [6.45, 7) is 15.9. The molecule has 115 heavy (non-hydrogen) atoms. The Labute approximate surface area is 721 Å². The fraction of sp³-hybridized carbons (Fsp3) is 0.0980. The van der Waals surface area contributed by atoms with E-state index in [2.05, 4.69) is 321 Å². The number of hydrogen-bond acceptors (Lipinski definition) is 5. The summed E-state index contributed by atoms with van der Waals surface area (Å²) in [5.41, 5.74) is 23.8. The molecule has 19 aromatic rings. The third-order valence-corrected chi connectivity index (χ3v) is 21.1. The Hall–Kier alpha value is -12.0. The number of imidazole rings is 3. The topological polar surface area (TPSA) is 98.0 Å². The average molecular weight is 2040 g/mol. The van der Waals surface area contributed by atoms with Crippen LogP contribution in [0.3, 0.4) is 0 Å². The van der Waals surface area contributed by atoms with Gasteiger partial charge in [-0.1, -0.05) is 195 Å². The van der Waals surface area contributed by atoms with E-state index < -0.39 is 48.5 Å². The van der Waals surface area contributed by atoms with Crippen LogP contribution in [0.1, 0.15) is 77.6 Å². The van der Waals surface area contributed by atoms with Gasteiger partial charge in [-0.2, -0.15) is 8.97 Å². The number of benzene rings is 13. The van der Waals surface area contributed by atoms with Gasteiger partial charge in [0.25, 0.3) is 11.5 Å². The van der Waals surface area contributed by atoms with Gasteiger partial charge in [0.1, 0.15) is 30.5 Å². The molecule has 0 spiro atoms. The number of ketones is 1. The van der Waals surface area contributed by atoms with Gasteiger partial charge in [-0.3, -0.25) is 9.78 Å². The van der Waals surface area contributed by atoms with Crippen LogP contribution >= 0.6 is 0 Å². The predicted molar refractivity (Wildman–Crippen MR) is 456 cm³/mol. The molecule has 6 aromatic heterocycles. The Morgan fingerprint density at radius 1 is 0.557 bits per heavy atom. The molecule has 0 saturated carbocycles. The number of nitrogens with zero attached hydrogens (tertiary/aromatic N) is 8. The first kappa shape index (κ1) is 69.7. The van der Waals surface area contributed by atoms with Gasteiger partial charge in [-0.25, -0.2) is 9.13 Å². The van der Waals surface area contributed by atoms with Crippen molar-refractivity contribution < 1.29 is 90.3 Å². The molecule has 8 heterocycles. The molecule has 3 aliphatic rings. The molecule has 569 valence electrons. The van der Waals surface area contributed by atoms with Crippen molar-refractivity contribution in [3.63, 3.8) is 0 Å². The number of aliphatic hydroxyl groups excluding tert-OH is 1. The van der Waals surface area contributed by atoms with Crippen molar-refractivity contribution in [2.45, 2.75) is 67.0 Å². The van der Waals surface area contributed by atoms with Crippen LogP contribution in [0.5, 0.6) is 0 Å². The minimum atomic E-state index is -0.526. The molecule has 2 aliphatic heterocycles. The minimum absolute atomic E-state index is 0. The van der Waals surface area contributed by atoms with Crippen LogP contribution < -0.4 is 9.13 Å². The summed E-state index contributed by atoms with van der Waals surface area (Å²) in [4.78, 5) is 22.8. The van der Waals surface area contributed by atoms with Gasteiger partial charge >= 0.3 is 0 Å². The smallest absolute Gasteiger partial charge is 0.295 e. The summed E-state index contributed by atoms with van der Waals surface area (Å²) in [5.74, 6) is 2.12. The Morgan fingerprint density at radius 2 is 1.22 bits per heavy atom. The number of fused-ring (bicyclic) bond motifs is 12. The Bertz CT molecular complexity index is 7290. The minimum Gasteiger partial charge on any atom is -0.512 e. The fourth-order valence-corrected chi connectivity index (χ4v) is 16.2. The molecule has 22 rings (SSSR count). The molecule has 1 N–H and O–H groups in total. The first-order valence-electron chi connectivity index (χ1n) is 41.3. The number of aromatic nitrogens is 8. The number of aryl methyl sites for hydroxylation is 3. The van der Waals surface area contributed by atoms with E-state index in [0.29, 0.717) is 0 Å². The maximum absolute atomic E-state index is 10.0. The second-order valence-corrected chi connectivity index (χ2v) is 28.7. The monoisotopic (exact) mass is 2040 g/mol. The number of carbonyl (C=O) groups excluding carboxylic acids is 1. The molecule has 3 radical (unpaired) electrons. The van der Waals surface area contributed by atoms with E-state index in [4.69, 9.17) is 16.1 Å². The molecule has 0 amide bonds. The SMILES string of the molecule is CC(=O)C=C(C)O.CC1(C)c2ccc[c-]c2-c2nccc3cccc1c23.Cc1ccc2c(c1)c1cccc3c1c1n2c(-c2c(C)cccc2C)c[n+]1C3.[2H]c1[c-]c(-c2nc([2H])c([2H])c([2H])c2[2H])c([2H])c([2H])c1[2H].[Ir].[Ir].[Ir].[c-]1ccccc1-c1nccn1-c1cccc2ccccc12.c1ccc2c(c1)C[n+]1c-2n(-c2cccc3ccccc23)c2ccccc21. The summed E-state index contributed by atoms with van der Waals surface area (Å²) in [5, 5.41) is 20.0. The molecular formula is C102H81Ir3N8O2-. The van der Waals surface area contributed by atoms with Gasteiger partial charge in [-0.05, 0) is 147 Å². The Kier molecular flexibility index (Phi) is 20.8. The van der Waals surface area contributed by atoms with Gasteiger partial charge < -0.3 is 19.6 Å². The van der Waals surface area contributed by atoms with Crippen LogP contribution in [0, 0.1) is 39.0 Å². The first-order valence-corrected chi connectivity index (χ1v) is 37.3. The number of aliphatic hydroxyl groups is 1. The maximum Gasteiger partial charge on any atom is 0.295 e. The molecule has 0 fully saturated rings. The number of hydrogen-bond donors (Lipinski definition) is 1. The Balaban J connectivity index is 0.000000123. The van der Waals surface area contributed by atoms with E-state index in [1.165, 1.54) is 158 Å². The number of para-hydroxylation sites is 2. The van der Waals surface area contributed by atoms with E-state index in [1.807, 2.05) is 48.9 Å². The van der Waals surface area contributed by atoms with Crippen LogP contribution in [0.2, 0.25) is 0 Å².